The molecule has 1 unspecified atom stereocenters. The molecule has 0 aliphatic heterocycles. The van der Waals surface area contributed by atoms with E-state index in [1.807, 2.05) is 44.2 Å². The average Bonchev–Trinajstić information content (AvgIpc) is 2.66. The third-order valence-electron chi connectivity index (χ3n) is 3.76. The van der Waals surface area contributed by atoms with Gasteiger partial charge in [0, 0.05) is 17.5 Å². The van der Waals surface area contributed by atoms with Gasteiger partial charge in [-0.2, -0.15) is 0 Å². The molecule has 0 saturated carbocycles. The van der Waals surface area contributed by atoms with Crippen LogP contribution in [0.25, 0.3) is 0 Å². The van der Waals surface area contributed by atoms with Crippen LogP contribution in [0, 0.1) is 0 Å². The molecule has 2 rings (SSSR count). The summed E-state index contributed by atoms with van der Waals surface area (Å²) in [5, 5.41) is 0. The van der Waals surface area contributed by atoms with Crippen LogP contribution in [0.15, 0.2) is 59.5 Å². The summed E-state index contributed by atoms with van der Waals surface area (Å²) in [5.74, 6) is -0.556. The van der Waals surface area contributed by atoms with Gasteiger partial charge in [0.05, 0.1) is 21.3 Å². The van der Waals surface area contributed by atoms with Crippen LogP contribution in [-0.2, 0) is 20.3 Å². The minimum atomic E-state index is -1.28. The number of anilines is 1. The van der Waals surface area contributed by atoms with Gasteiger partial charge < -0.3 is 9.64 Å². The maximum absolute atomic E-state index is 12.6. The lowest BCUT2D eigenvalue weighted by atomic mass is 10.2. The summed E-state index contributed by atoms with van der Waals surface area (Å²) >= 11 is 0. The fraction of sp³-hybridized carbons (Fsp3) is 0.300. The molecule has 0 aliphatic rings. The van der Waals surface area contributed by atoms with E-state index in [0.29, 0.717) is 10.6 Å². The van der Waals surface area contributed by atoms with Gasteiger partial charge in [-0.1, -0.05) is 37.3 Å². The summed E-state index contributed by atoms with van der Waals surface area (Å²) in [6, 6.07) is 15.8. The van der Waals surface area contributed by atoms with Crippen LogP contribution in [0.1, 0.15) is 31.1 Å². The molecular formula is C20H23NO4S. The lowest BCUT2D eigenvalue weighted by Crippen LogP contribution is -2.39. The number of esters is 1. The highest BCUT2D eigenvalue weighted by Crippen LogP contribution is 2.18. The summed E-state index contributed by atoms with van der Waals surface area (Å²) in [4.78, 5) is 27.0. The number of nitrogens with zero attached hydrogens (tertiary/aromatic N) is 1. The van der Waals surface area contributed by atoms with Crippen molar-refractivity contribution in [3.05, 3.63) is 60.2 Å². The Labute approximate surface area is 156 Å². The van der Waals surface area contributed by atoms with E-state index in [4.69, 9.17) is 4.74 Å². The summed E-state index contributed by atoms with van der Waals surface area (Å²) in [7, 11) is -1.28. The first kappa shape index (κ1) is 19.8. The summed E-state index contributed by atoms with van der Waals surface area (Å²) < 4.78 is 17.3. The maximum atomic E-state index is 12.6. The average molecular weight is 373 g/mol. The number of ether oxygens (including phenoxy) is 1. The molecule has 0 aliphatic carbocycles. The van der Waals surface area contributed by atoms with Gasteiger partial charge in [0.25, 0.3) is 5.91 Å². The quantitative estimate of drug-likeness (QED) is 0.698. The fourth-order valence-electron chi connectivity index (χ4n) is 2.58. The van der Waals surface area contributed by atoms with Gasteiger partial charge in [-0.25, -0.2) is 4.79 Å². The number of para-hydroxylation sites is 1. The zero-order chi connectivity index (χ0) is 19.1. The predicted molar refractivity (Wildman–Crippen MR) is 103 cm³/mol. The molecule has 138 valence electrons. The van der Waals surface area contributed by atoms with Crippen molar-refractivity contribution < 1.29 is 18.5 Å². The van der Waals surface area contributed by atoms with E-state index >= 15 is 0 Å². The van der Waals surface area contributed by atoms with Gasteiger partial charge in [-0.05, 0) is 38.1 Å². The Hall–Kier alpha value is -2.47. The van der Waals surface area contributed by atoms with E-state index in [2.05, 4.69) is 0 Å². The molecule has 2 aromatic rings. The van der Waals surface area contributed by atoms with Crippen LogP contribution in [0.3, 0.4) is 0 Å². The van der Waals surface area contributed by atoms with Crippen LogP contribution in [0.4, 0.5) is 5.69 Å². The Morgan fingerprint density at radius 3 is 2.27 bits per heavy atom. The second kappa shape index (κ2) is 9.29. The second-order valence-corrected chi connectivity index (χ2v) is 7.61. The van der Waals surface area contributed by atoms with Crippen LogP contribution in [0.2, 0.25) is 0 Å². The topological polar surface area (TPSA) is 63.7 Å². The SMILES string of the molecule is CCS(=O)c1ccccc1C(=O)OCC(=O)N(c1ccccc1)C(C)C. The van der Waals surface area contributed by atoms with E-state index in [1.165, 1.54) is 0 Å². The third kappa shape index (κ3) is 4.79. The molecule has 0 radical (unpaired) electrons. The van der Waals surface area contributed by atoms with Crippen molar-refractivity contribution in [2.45, 2.75) is 31.7 Å². The molecule has 0 N–H and O–H groups in total. The number of amides is 1. The van der Waals surface area contributed by atoms with Crippen molar-refractivity contribution in [2.75, 3.05) is 17.3 Å². The Morgan fingerprint density at radius 1 is 1.04 bits per heavy atom. The van der Waals surface area contributed by atoms with Crippen molar-refractivity contribution in [2.24, 2.45) is 0 Å². The predicted octanol–water partition coefficient (Wildman–Crippen LogP) is 3.41. The Morgan fingerprint density at radius 2 is 1.65 bits per heavy atom. The Bertz CT molecular complexity index is 789. The number of hydrogen-bond acceptors (Lipinski definition) is 4. The number of carbonyl (C=O) groups is 2. The van der Waals surface area contributed by atoms with Crippen molar-refractivity contribution in [3.8, 4) is 0 Å². The smallest absolute Gasteiger partial charge is 0.339 e. The first-order valence-corrected chi connectivity index (χ1v) is 9.79. The molecule has 0 heterocycles. The first-order valence-electron chi connectivity index (χ1n) is 8.47. The van der Waals surface area contributed by atoms with Gasteiger partial charge in [-0.3, -0.25) is 9.00 Å². The largest absolute Gasteiger partial charge is 0.452 e. The molecule has 0 saturated heterocycles. The summed E-state index contributed by atoms with van der Waals surface area (Å²) in [5.41, 5.74) is 0.979. The van der Waals surface area contributed by atoms with E-state index in [1.54, 1.807) is 36.1 Å². The molecular weight excluding hydrogens is 350 g/mol. The monoisotopic (exact) mass is 373 g/mol. The minimum absolute atomic E-state index is 0.0801. The molecule has 1 amide bonds. The van der Waals surface area contributed by atoms with Gasteiger partial charge >= 0.3 is 5.97 Å². The lowest BCUT2D eigenvalue weighted by Gasteiger charge is -2.26. The van der Waals surface area contributed by atoms with E-state index in [0.717, 1.165) is 5.69 Å². The van der Waals surface area contributed by atoms with Crippen LogP contribution in [-0.4, -0.2) is 34.5 Å². The number of hydrogen-bond donors (Lipinski definition) is 0. The minimum Gasteiger partial charge on any atom is -0.452 e. The van der Waals surface area contributed by atoms with Crippen molar-refractivity contribution in [3.63, 3.8) is 0 Å². The molecule has 5 nitrogen and oxygen atoms in total. The molecule has 0 spiro atoms. The zero-order valence-corrected chi connectivity index (χ0v) is 16.0. The number of benzene rings is 2. The highest BCUT2D eigenvalue weighted by molar-refractivity contribution is 7.85. The lowest BCUT2D eigenvalue weighted by molar-refractivity contribution is -0.122. The molecule has 2 aromatic carbocycles. The highest BCUT2D eigenvalue weighted by atomic mass is 32.2. The normalized spacial score (nSPS) is 11.8. The van der Waals surface area contributed by atoms with E-state index in [9.17, 15) is 13.8 Å². The van der Waals surface area contributed by atoms with Crippen LogP contribution >= 0.6 is 0 Å². The number of carbonyl (C=O) groups excluding carboxylic acids is 2. The van der Waals surface area contributed by atoms with Crippen LogP contribution < -0.4 is 4.90 Å². The Kier molecular flexibility index (Phi) is 7.09. The molecule has 0 fully saturated rings. The summed E-state index contributed by atoms with van der Waals surface area (Å²) in [6.07, 6.45) is 0. The molecule has 1 atom stereocenters. The van der Waals surface area contributed by atoms with Gasteiger partial charge in [0.2, 0.25) is 0 Å². The Balaban J connectivity index is 2.11. The molecule has 0 bridgehead atoms. The second-order valence-electron chi connectivity index (χ2n) is 5.90. The maximum Gasteiger partial charge on any atom is 0.339 e. The summed E-state index contributed by atoms with van der Waals surface area (Å²) in [6.45, 7) is 5.19. The molecule has 26 heavy (non-hydrogen) atoms. The van der Waals surface area contributed by atoms with Gasteiger partial charge in [0.1, 0.15) is 0 Å². The zero-order valence-electron chi connectivity index (χ0n) is 15.2. The molecule has 6 heteroatoms. The third-order valence-corrected chi connectivity index (χ3v) is 5.13. The van der Waals surface area contributed by atoms with Gasteiger partial charge in [0.15, 0.2) is 6.61 Å². The van der Waals surface area contributed by atoms with Crippen molar-refractivity contribution in [1.29, 1.82) is 0 Å². The van der Waals surface area contributed by atoms with Crippen molar-refractivity contribution in [1.82, 2.24) is 0 Å². The standard InChI is InChI=1S/C20H23NO4S/c1-4-26(24)18-13-9-8-12-17(18)20(23)25-14-19(22)21(15(2)3)16-10-6-5-7-11-16/h5-13,15H,4,14H2,1-3H3. The van der Waals surface area contributed by atoms with Crippen LogP contribution in [0.5, 0.6) is 0 Å². The van der Waals surface area contributed by atoms with E-state index in [-0.39, 0.29) is 24.1 Å². The van der Waals surface area contributed by atoms with Crippen molar-refractivity contribution >= 4 is 28.4 Å². The van der Waals surface area contributed by atoms with E-state index < -0.39 is 16.8 Å². The molecule has 0 aromatic heterocycles. The highest BCUT2D eigenvalue weighted by Gasteiger charge is 2.22. The first-order chi connectivity index (χ1) is 12.5. The number of rotatable bonds is 7. The van der Waals surface area contributed by atoms with Gasteiger partial charge in [-0.15, -0.1) is 0 Å². The fourth-order valence-corrected chi connectivity index (χ4v) is 3.52.